The van der Waals surface area contributed by atoms with E-state index in [4.69, 9.17) is 15.3 Å². The molecule has 1 aromatic carbocycles. The second kappa shape index (κ2) is 7.64. The molecule has 1 atom stereocenters. The number of rotatable bonds is 8. The Labute approximate surface area is 128 Å². The van der Waals surface area contributed by atoms with Gasteiger partial charge in [0.25, 0.3) is 0 Å². The van der Waals surface area contributed by atoms with E-state index in [1.165, 1.54) is 0 Å². The van der Waals surface area contributed by atoms with E-state index in [2.05, 4.69) is 38.3 Å². The van der Waals surface area contributed by atoms with Crippen LogP contribution in [-0.4, -0.2) is 38.8 Å². The number of ether oxygens (including phenoxy) is 2. The van der Waals surface area contributed by atoms with E-state index in [0.29, 0.717) is 0 Å². The average molecular weight is 295 g/mol. The highest BCUT2D eigenvalue weighted by molar-refractivity contribution is 5.43. The maximum absolute atomic E-state index is 5.92. The van der Waals surface area contributed by atoms with Gasteiger partial charge < -0.3 is 14.4 Å². The molecule has 0 spiro atoms. The third kappa shape index (κ3) is 3.31. The Bertz CT molecular complexity index is 445. The average Bonchev–Trinajstić information content (AvgIpc) is 2.51. The molecule has 0 radical (unpaired) electrons. The van der Waals surface area contributed by atoms with Crippen LogP contribution in [0.3, 0.4) is 0 Å². The lowest BCUT2D eigenvalue weighted by Gasteiger charge is -2.45. The molecule has 0 aliphatic heterocycles. The van der Waals surface area contributed by atoms with Gasteiger partial charge in [0, 0.05) is 11.1 Å². The quantitative estimate of drug-likeness (QED) is 0.569. The van der Waals surface area contributed by atoms with Gasteiger partial charge in [0.1, 0.15) is 11.5 Å². The summed E-state index contributed by atoms with van der Waals surface area (Å²) in [4.78, 5) is 2.23. The summed E-state index contributed by atoms with van der Waals surface area (Å²) in [7, 11) is 7.51. The van der Waals surface area contributed by atoms with E-state index in [0.717, 1.165) is 29.9 Å². The molecule has 5 heteroatoms. The fraction of sp³-hybridized carbons (Fsp3) is 0.625. The van der Waals surface area contributed by atoms with E-state index < -0.39 is 0 Å². The predicted octanol–water partition coefficient (Wildman–Crippen LogP) is 2.33. The Kier molecular flexibility index (Phi) is 6.45. The molecular formula is C16H29N3O2. The number of hydrogen-bond acceptors (Lipinski definition) is 5. The van der Waals surface area contributed by atoms with Gasteiger partial charge in [-0.05, 0) is 45.1 Å². The molecule has 0 fully saturated rings. The first kappa shape index (κ1) is 17.8. The molecule has 3 N–H and O–H groups in total. The fourth-order valence-electron chi connectivity index (χ4n) is 3.15. The Hall–Kier alpha value is -1.30. The minimum atomic E-state index is -0.103. The molecule has 0 aliphatic rings. The molecular weight excluding hydrogens is 266 g/mol. The lowest BCUT2D eigenvalue weighted by Crippen LogP contribution is -2.54. The minimum absolute atomic E-state index is 0.0625. The summed E-state index contributed by atoms with van der Waals surface area (Å²) in [5.41, 5.74) is 3.90. The Balaban J connectivity index is 3.43. The maximum Gasteiger partial charge on any atom is 0.124 e. The predicted molar refractivity (Wildman–Crippen MR) is 86.6 cm³/mol. The van der Waals surface area contributed by atoms with Gasteiger partial charge >= 0.3 is 0 Å². The molecule has 0 saturated heterocycles. The Morgan fingerprint density at radius 3 is 2.19 bits per heavy atom. The van der Waals surface area contributed by atoms with Crippen molar-refractivity contribution in [1.29, 1.82) is 0 Å². The molecule has 0 aromatic heterocycles. The zero-order valence-electron chi connectivity index (χ0n) is 14.1. The van der Waals surface area contributed by atoms with E-state index in [1.807, 2.05) is 18.2 Å². The van der Waals surface area contributed by atoms with Crippen molar-refractivity contribution in [1.82, 2.24) is 10.3 Å². The normalized spacial score (nSPS) is 13.3. The van der Waals surface area contributed by atoms with E-state index in [1.54, 1.807) is 14.2 Å². The number of nitrogens with one attached hydrogen (secondary N) is 1. The first-order valence-corrected chi connectivity index (χ1v) is 7.36. The van der Waals surface area contributed by atoms with Gasteiger partial charge in [-0.25, -0.2) is 0 Å². The number of benzene rings is 1. The largest absolute Gasteiger partial charge is 0.497 e. The number of methoxy groups -OCH3 is 2. The zero-order chi connectivity index (χ0) is 16.0. The molecule has 1 unspecified atom stereocenters. The molecule has 0 bridgehead atoms. The molecule has 0 amide bonds. The van der Waals surface area contributed by atoms with Gasteiger partial charge in [0.05, 0.1) is 20.3 Å². The van der Waals surface area contributed by atoms with Crippen molar-refractivity contribution in [2.24, 2.45) is 5.84 Å². The van der Waals surface area contributed by atoms with Crippen LogP contribution in [0, 0.1) is 0 Å². The fourth-order valence-corrected chi connectivity index (χ4v) is 3.15. The minimum Gasteiger partial charge on any atom is -0.497 e. The highest BCUT2D eigenvalue weighted by Crippen LogP contribution is 2.40. The molecule has 1 aromatic rings. The number of nitrogens with two attached hydrogens (primary N) is 1. The summed E-state index contributed by atoms with van der Waals surface area (Å²) in [6.07, 6.45) is 1.93. The molecule has 0 aliphatic carbocycles. The van der Waals surface area contributed by atoms with Crippen LogP contribution in [0.15, 0.2) is 18.2 Å². The van der Waals surface area contributed by atoms with Gasteiger partial charge in [-0.1, -0.05) is 13.8 Å². The first-order chi connectivity index (χ1) is 10.00. The standard InChI is InChI=1S/C16H29N3O2/c1-7-16(8-2,19(3)4)15(18-17)13-11-12(20-5)9-10-14(13)21-6/h9-11,15,18H,7-8,17H2,1-6H3. The lowest BCUT2D eigenvalue weighted by atomic mass is 9.79. The zero-order valence-corrected chi connectivity index (χ0v) is 14.1. The number of nitrogens with zero attached hydrogens (tertiary/aromatic N) is 1. The summed E-state index contributed by atoms with van der Waals surface area (Å²) in [5, 5.41) is 0. The monoisotopic (exact) mass is 295 g/mol. The van der Waals surface area contributed by atoms with Crippen molar-refractivity contribution in [3.05, 3.63) is 23.8 Å². The summed E-state index contributed by atoms with van der Waals surface area (Å²) >= 11 is 0. The van der Waals surface area contributed by atoms with Crippen molar-refractivity contribution >= 4 is 0 Å². The summed E-state index contributed by atoms with van der Waals surface area (Å²) in [5.74, 6) is 7.53. The molecule has 1 rings (SSSR count). The first-order valence-electron chi connectivity index (χ1n) is 7.36. The van der Waals surface area contributed by atoms with Crippen LogP contribution in [0.1, 0.15) is 38.3 Å². The maximum atomic E-state index is 5.92. The SMILES string of the molecule is CCC(CC)(C(NN)c1cc(OC)ccc1OC)N(C)C. The second-order valence-corrected chi connectivity index (χ2v) is 5.41. The Morgan fingerprint density at radius 2 is 1.81 bits per heavy atom. The third-order valence-electron chi connectivity index (χ3n) is 4.57. The third-order valence-corrected chi connectivity index (χ3v) is 4.57. The summed E-state index contributed by atoms with van der Waals surface area (Å²) in [6, 6.07) is 5.75. The van der Waals surface area contributed by atoms with Crippen molar-refractivity contribution in [3.63, 3.8) is 0 Å². The number of hydrogen-bond donors (Lipinski definition) is 2. The Morgan fingerprint density at radius 1 is 1.19 bits per heavy atom. The highest BCUT2D eigenvalue weighted by atomic mass is 16.5. The van der Waals surface area contributed by atoms with Crippen LogP contribution in [0.25, 0.3) is 0 Å². The van der Waals surface area contributed by atoms with Gasteiger partial charge in [-0.3, -0.25) is 11.3 Å². The van der Waals surface area contributed by atoms with Gasteiger partial charge in [0.2, 0.25) is 0 Å². The van der Waals surface area contributed by atoms with Crippen molar-refractivity contribution < 1.29 is 9.47 Å². The van der Waals surface area contributed by atoms with Gasteiger partial charge in [-0.15, -0.1) is 0 Å². The van der Waals surface area contributed by atoms with Crippen molar-refractivity contribution in [2.75, 3.05) is 28.3 Å². The molecule has 0 heterocycles. The molecule has 5 nitrogen and oxygen atoms in total. The smallest absolute Gasteiger partial charge is 0.124 e. The van der Waals surface area contributed by atoms with Crippen molar-refractivity contribution in [3.8, 4) is 11.5 Å². The van der Waals surface area contributed by atoms with Gasteiger partial charge in [0.15, 0.2) is 0 Å². The molecule has 120 valence electrons. The topological polar surface area (TPSA) is 59.8 Å². The van der Waals surface area contributed by atoms with Crippen LogP contribution in [0.5, 0.6) is 11.5 Å². The van der Waals surface area contributed by atoms with E-state index in [9.17, 15) is 0 Å². The summed E-state index contributed by atoms with van der Waals surface area (Å²) in [6.45, 7) is 4.36. The molecule has 21 heavy (non-hydrogen) atoms. The highest BCUT2D eigenvalue weighted by Gasteiger charge is 2.39. The van der Waals surface area contributed by atoms with Crippen LogP contribution in [0.2, 0.25) is 0 Å². The second-order valence-electron chi connectivity index (χ2n) is 5.41. The van der Waals surface area contributed by atoms with E-state index in [-0.39, 0.29) is 11.6 Å². The van der Waals surface area contributed by atoms with Crippen LogP contribution >= 0.6 is 0 Å². The van der Waals surface area contributed by atoms with Crippen molar-refractivity contribution in [2.45, 2.75) is 38.3 Å². The van der Waals surface area contributed by atoms with Gasteiger partial charge in [-0.2, -0.15) is 0 Å². The van der Waals surface area contributed by atoms with Crippen LogP contribution in [-0.2, 0) is 0 Å². The lowest BCUT2D eigenvalue weighted by molar-refractivity contribution is 0.0868. The van der Waals surface area contributed by atoms with Crippen LogP contribution < -0.4 is 20.7 Å². The number of hydrazine groups is 1. The summed E-state index contributed by atoms with van der Waals surface area (Å²) < 4.78 is 10.9. The van der Waals surface area contributed by atoms with Crippen LogP contribution in [0.4, 0.5) is 0 Å². The molecule has 0 saturated carbocycles. The number of likely N-dealkylation sites (N-methyl/N-ethyl adjacent to an activating group) is 1. The van der Waals surface area contributed by atoms with E-state index >= 15 is 0 Å².